The summed E-state index contributed by atoms with van der Waals surface area (Å²) in [6.45, 7) is 4.51. The smallest absolute Gasteiger partial charge is 0.257 e. The van der Waals surface area contributed by atoms with Crippen molar-refractivity contribution in [1.29, 1.82) is 0 Å². The number of pyridine rings is 2. The molecule has 1 N–H and O–H groups in total. The van der Waals surface area contributed by atoms with E-state index in [1.165, 1.54) is 0 Å². The van der Waals surface area contributed by atoms with Gasteiger partial charge in [0.25, 0.3) is 5.91 Å². The number of aryl methyl sites for hydroxylation is 2. The fourth-order valence-corrected chi connectivity index (χ4v) is 3.34. The topological polar surface area (TPSA) is 99.3 Å². The Kier molecular flexibility index (Phi) is 5.53. The molecule has 0 saturated carbocycles. The fourth-order valence-electron chi connectivity index (χ4n) is 3.34. The van der Waals surface area contributed by atoms with Crippen LogP contribution < -0.4 is 15.5 Å². The Morgan fingerprint density at radius 1 is 1.23 bits per heavy atom. The van der Waals surface area contributed by atoms with Gasteiger partial charge in [-0.1, -0.05) is 17.3 Å². The van der Waals surface area contributed by atoms with Crippen molar-refractivity contribution in [1.82, 2.24) is 20.0 Å². The van der Waals surface area contributed by atoms with E-state index in [4.69, 9.17) is 9.26 Å². The molecule has 0 fully saturated rings. The number of aromatic nitrogens is 3. The number of carbonyl (C=O) groups excluding carboxylic acids is 1. The maximum Gasteiger partial charge on any atom is 0.257 e. The van der Waals surface area contributed by atoms with Crippen molar-refractivity contribution in [2.75, 3.05) is 7.11 Å². The first kappa shape index (κ1) is 20.3. The molecule has 0 aliphatic heterocycles. The lowest BCUT2D eigenvalue weighted by atomic mass is 10.1. The van der Waals surface area contributed by atoms with Gasteiger partial charge in [-0.2, -0.15) is 0 Å². The minimum Gasteiger partial charge on any atom is -0.497 e. The molecule has 8 heteroatoms. The molecule has 31 heavy (non-hydrogen) atoms. The van der Waals surface area contributed by atoms with Crippen LogP contribution in [0.1, 0.15) is 28.7 Å². The Hall–Kier alpha value is -3.94. The first-order valence-corrected chi connectivity index (χ1v) is 9.89. The highest BCUT2D eigenvalue weighted by Crippen LogP contribution is 2.24. The minimum atomic E-state index is -0.472. The van der Waals surface area contributed by atoms with Gasteiger partial charge < -0.3 is 19.1 Å². The average Bonchev–Trinajstić information content (AvgIpc) is 3.27. The summed E-state index contributed by atoms with van der Waals surface area (Å²) in [4.78, 5) is 30.1. The lowest BCUT2D eigenvalue weighted by Crippen LogP contribution is -2.29. The molecule has 0 atom stereocenters. The van der Waals surface area contributed by atoms with Crippen molar-refractivity contribution >= 4 is 16.9 Å². The van der Waals surface area contributed by atoms with Crippen LogP contribution in [0.15, 0.2) is 58.0 Å². The largest absolute Gasteiger partial charge is 0.497 e. The summed E-state index contributed by atoms with van der Waals surface area (Å²) >= 11 is 0. The highest BCUT2D eigenvalue weighted by Gasteiger charge is 2.17. The van der Waals surface area contributed by atoms with Crippen molar-refractivity contribution in [3.63, 3.8) is 0 Å². The molecular formula is C23H22N4O4. The molecule has 0 unspecified atom stereocenters. The lowest BCUT2D eigenvalue weighted by molar-refractivity contribution is 0.0948. The highest BCUT2D eigenvalue weighted by atomic mass is 16.5. The molecule has 1 amide bonds. The SMILES string of the molecule is CCn1cc(C(=O)NCc2cc(-c3cccc(OC)c3)on2)c(=O)c2ccc(C)nc21. The molecule has 0 radical (unpaired) electrons. The van der Waals surface area contributed by atoms with Gasteiger partial charge in [-0.3, -0.25) is 9.59 Å². The zero-order chi connectivity index (χ0) is 22.0. The molecule has 1 aromatic carbocycles. The molecule has 4 aromatic rings. The molecule has 4 rings (SSSR count). The summed E-state index contributed by atoms with van der Waals surface area (Å²) in [6, 6.07) is 12.6. The minimum absolute atomic E-state index is 0.0662. The molecule has 0 aliphatic carbocycles. The van der Waals surface area contributed by atoms with Crippen LogP contribution >= 0.6 is 0 Å². The first-order valence-electron chi connectivity index (χ1n) is 9.89. The van der Waals surface area contributed by atoms with Crippen LogP contribution in [0.3, 0.4) is 0 Å². The number of methoxy groups -OCH3 is 1. The summed E-state index contributed by atoms with van der Waals surface area (Å²) in [6.07, 6.45) is 1.55. The molecule has 0 aliphatic rings. The van der Waals surface area contributed by atoms with Gasteiger partial charge in [0.05, 0.1) is 19.0 Å². The van der Waals surface area contributed by atoms with Gasteiger partial charge in [0.15, 0.2) is 5.76 Å². The zero-order valence-electron chi connectivity index (χ0n) is 17.5. The maximum absolute atomic E-state index is 12.9. The van der Waals surface area contributed by atoms with Gasteiger partial charge in [-0.05, 0) is 38.1 Å². The molecule has 3 aromatic heterocycles. The van der Waals surface area contributed by atoms with Crippen LogP contribution in [0.25, 0.3) is 22.4 Å². The summed E-state index contributed by atoms with van der Waals surface area (Å²) in [7, 11) is 1.59. The maximum atomic E-state index is 12.9. The standard InChI is InChI=1S/C23H22N4O4/c1-4-27-13-19(21(28)18-9-8-14(2)25-22(18)27)23(29)24-12-16-11-20(31-26-16)15-6-5-7-17(10-15)30-3/h5-11,13H,4,12H2,1-3H3,(H,24,29). The van der Waals surface area contributed by atoms with Gasteiger partial charge in [-0.15, -0.1) is 0 Å². The third kappa shape index (κ3) is 4.05. The van der Waals surface area contributed by atoms with Crippen LogP contribution in [0.2, 0.25) is 0 Å². The van der Waals surface area contributed by atoms with Crippen molar-refractivity contribution in [3.8, 4) is 17.1 Å². The molecule has 158 valence electrons. The second kappa shape index (κ2) is 8.43. The highest BCUT2D eigenvalue weighted by molar-refractivity contribution is 5.96. The van der Waals surface area contributed by atoms with E-state index in [0.717, 1.165) is 11.3 Å². The number of nitrogens with one attached hydrogen (secondary N) is 1. The Morgan fingerprint density at radius 2 is 2.06 bits per heavy atom. The van der Waals surface area contributed by atoms with E-state index in [9.17, 15) is 9.59 Å². The molecule has 3 heterocycles. The number of benzene rings is 1. The molecule has 8 nitrogen and oxygen atoms in total. The van der Waals surface area contributed by atoms with E-state index in [2.05, 4.69) is 15.5 Å². The normalized spacial score (nSPS) is 10.9. The number of nitrogens with zero attached hydrogens (tertiary/aromatic N) is 3. The first-order chi connectivity index (χ1) is 15.0. The second-order valence-corrected chi connectivity index (χ2v) is 7.08. The van der Waals surface area contributed by atoms with Crippen molar-refractivity contribution < 1.29 is 14.1 Å². The van der Waals surface area contributed by atoms with Crippen LogP contribution in [-0.4, -0.2) is 27.7 Å². The lowest BCUT2D eigenvalue weighted by Gasteiger charge is -2.11. The Morgan fingerprint density at radius 3 is 2.84 bits per heavy atom. The zero-order valence-corrected chi connectivity index (χ0v) is 17.5. The fraction of sp³-hybridized carbons (Fsp3) is 0.217. The van der Waals surface area contributed by atoms with Gasteiger partial charge in [0.2, 0.25) is 5.43 Å². The van der Waals surface area contributed by atoms with Crippen molar-refractivity contribution in [2.24, 2.45) is 0 Å². The molecule has 0 bridgehead atoms. The Bertz CT molecular complexity index is 1320. The van der Waals surface area contributed by atoms with Crippen LogP contribution in [0.4, 0.5) is 0 Å². The number of hydrogen-bond donors (Lipinski definition) is 1. The van der Waals surface area contributed by atoms with Gasteiger partial charge in [0, 0.05) is 30.1 Å². The van der Waals surface area contributed by atoms with Crippen LogP contribution in [-0.2, 0) is 13.1 Å². The van der Waals surface area contributed by atoms with Gasteiger partial charge in [0.1, 0.15) is 22.7 Å². The number of rotatable bonds is 6. The van der Waals surface area contributed by atoms with E-state index < -0.39 is 5.91 Å². The third-order valence-corrected chi connectivity index (χ3v) is 4.99. The summed E-state index contributed by atoms with van der Waals surface area (Å²) in [5.74, 6) is 0.793. The van der Waals surface area contributed by atoms with Crippen LogP contribution in [0.5, 0.6) is 5.75 Å². The summed E-state index contributed by atoms with van der Waals surface area (Å²) < 4.78 is 12.4. The molecule has 0 spiro atoms. The van der Waals surface area contributed by atoms with Gasteiger partial charge in [-0.25, -0.2) is 4.98 Å². The van der Waals surface area contributed by atoms with Crippen molar-refractivity contribution in [3.05, 3.63) is 75.8 Å². The summed E-state index contributed by atoms with van der Waals surface area (Å²) in [5.41, 5.74) is 2.46. The van der Waals surface area contributed by atoms with E-state index in [-0.39, 0.29) is 17.5 Å². The number of fused-ring (bicyclic) bond motifs is 1. The number of amides is 1. The predicted octanol–water partition coefficient (Wildman–Crippen LogP) is 3.32. The monoisotopic (exact) mass is 418 g/mol. The van der Waals surface area contributed by atoms with E-state index in [0.29, 0.717) is 34.8 Å². The summed E-state index contributed by atoms with van der Waals surface area (Å²) in [5, 5.41) is 7.17. The second-order valence-electron chi connectivity index (χ2n) is 7.08. The molecular weight excluding hydrogens is 396 g/mol. The number of hydrogen-bond acceptors (Lipinski definition) is 6. The van der Waals surface area contributed by atoms with E-state index in [1.807, 2.05) is 38.1 Å². The third-order valence-electron chi connectivity index (χ3n) is 4.99. The van der Waals surface area contributed by atoms with E-state index in [1.54, 1.807) is 36.1 Å². The quantitative estimate of drug-likeness (QED) is 0.516. The van der Waals surface area contributed by atoms with E-state index >= 15 is 0 Å². The van der Waals surface area contributed by atoms with Gasteiger partial charge >= 0.3 is 0 Å². The van der Waals surface area contributed by atoms with Crippen molar-refractivity contribution in [2.45, 2.75) is 26.9 Å². The van der Waals surface area contributed by atoms with Crippen LogP contribution in [0, 0.1) is 6.92 Å². The number of ether oxygens (including phenoxy) is 1. The Balaban J connectivity index is 1.55. The predicted molar refractivity (Wildman–Crippen MR) is 116 cm³/mol. The number of carbonyl (C=O) groups is 1. The molecule has 0 saturated heterocycles. The Labute approximate surface area is 178 Å². The average molecular weight is 418 g/mol.